The van der Waals surface area contributed by atoms with E-state index in [9.17, 15) is 9.59 Å². The summed E-state index contributed by atoms with van der Waals surface area (Å²) in [6.07, 6.45) is 1.69. The van der Waals surface area contributed by atoms with Crippen LogP contribution < -0.4 is 24.5 Å². The van der Waals surface area contributed by atoms with Crippen molar-refractivity contribution in [2.75, 3.05) is 31.8 Å². The Morgan fingerprint density at radius 1 is 1.22 bits per heavy atom. The van der Waals surface area contributed by atoms with E-state index < -0.39 is 5.92 Å². The van der Waals surface area contributed by atoms with Crippen molar-refractivity contribution in [3.63, 3.8) is 0 Å². The molecule has 1 aliphatic rings. The van der Waals surface area contributed by atoms with Crippen molar-refractivity contribution in [1.82, 2.24) is 5.43 Å². The van der Waals surface area contributed by atoms with E-state index in [0.717, 1.165) is 14.8 Å². The minimum atomic E-state index is -0.471. The number of carbonyl (C=O) groups excluding carboxylic acids is 2. The summed E-state index contributed by atoms with van der Waals surface area (Å²) in [4.78, 5) is 26.6. The second kappa shape index (κ2) is 11.2. The van der Waals surface area contributed by atoms with Crippen molar-refractivity contribution in [2.24, 2.45) is 11.0 Å². The summed E-state index contributed by atoms with van der Waals surface area (Å²) in [5, 5.41) is 4.08. The molecule has 1 aliphatic heterocycles. The van der Waals surface area contributed by atoms with Crippen molar-refractivity contribution < 1.29 is 23.8 Å². The average molecular weight is 551 g/mol. The molecule has 9 heteroatoms. The zero-order valence-corrected chi connectivity index (χ0v) is 20.4. The molecule has 32 heavy (non-hydrogen) atoms. The lowest BCUT2D eigenvalue weighted by atomic mass is 10.1. The van der Waals surface area contributed by atoms with E-state index in [4.69, 9.17) is 14.2 Å². The third kappa shape index (κ3) is 5.70. The van der Waals surface area contributed by atoms with Gasteiger partial charge in [0.1, 0.15) is 5.75 Å². The molecule has 1 N–H and O–H groups in total. The molecule has 0 unspecified atom stereocenters. The van der Waals surface area contributed by atoms with E-state index in [-0.39, 0.29) is 18.2 Å². The molecule has 1 atom stereocenters. The molecule has 1 fully saturated rings. The van der Waals surface area contributed by atoms with Gasteiger partial charge < -0.3 is 19.1 Å². The second-order valence-corrected chi connectivity index (χ2v) is 8.20. The summed E-state index contributed by atoms with van der Waals surface area (Å²) in [5.74, 6) is 1.17. The molecule has 0 saturated carbocycles. The number of halogens is 1. The number of anilines is 1. The highest BCUT2D eigenvalue weighted by Gasteiger charge is 2.35. The molecule has 0 spiro atoms. The molecule has 0 radical (unpaired) electrons. The molecule has 0 bridgehead atoms. The number of nitrogens with zero attached hydrogens (tertiary/aromatic N) is 2. The van der Waals surface area contributed by atoms with E-state index in [1.807, 2.05) is 26.0 Å². The molecule has 1 heterocycles. The Hall–Kier alpha value is -2.82. The highest BCUT2D eigenvalue weighted by Crippen LogP contribution is 2.34. The molecule has 0 aliphatic carbocycles. The van der Waals surface area contributed by atoms with Crippen molar-refractivity contribution in [3.8, 4) is 17.2 Å². The van der Waals surface area contributed by atoms with Gasteiger partial charge in [-0.3, -0.25) is 9.59 Å². The van der Waals surface area contributed by atoms with Crippen LogP contribution in [0.15, 0.2) is 41.5 Å². The normalized spacial score (nSPS) is 15.8. The fraction of sp³-hybridized carbons (Fsp3) is 0.348. The first-order valence-corrected chi connectivity index (χ1v) is 11.4. The number of rotatable bonds is 9. The Balaban J connectivity index is 1.63. The summed E-state index contributed by atoms with van der Waals surface area (Å²) < 4.78 is 17.4. The first kappa shape index (κ1) is 23.8. The SMILES string of the molecule is CCOc1cc(/C=N/NC(=O)[C@@H]2CC(=O)N(c3ccc(OC)cc3)C2)cc(I)c1OCC. The van der Waals surface area contributed by atoms with Crippen LogP contribution in [0.1, 0.15) is 25.8 Å². The van der Waals surface area contributed by atoms with Crippen LogP contribution >= 0.6 is 22.6 Å². The molecule has 170 valence electrons. The number of hydrogen-bond donors (Lipinski definition) is 1. The Kier molecular flexibility index (Phi) is 8.32. The lowest BCUT2D eigenvalue weighted by Gasteiger charge is -2.16. The highest BCUT2D eigenvalue weighted by atomic mass is 127. The van der Waals surface area contributed by atoms with Gasteiger partial charge in [0.25, 0.3) is 0 Å². The Morgan fingerprint density at radius 3 is 2.59 bits per heavy atom. The van der Waals surface area contributed by atoms with Gasteiger partial charge in [0, 0.05) is 18.7 Å². The van der Waals surface area contributed by atoms with Crippen LogP contribution in [-0.4, -0.2) is 44.9 Å². The third-order valence-electron chi connectivity index (χ3n) is 4.89. The number of carbonyl (C=O) groups is 2. The van der Waals surface area contributed by atoms with Gasteiger partial charge in [-0.25, -0.2) is 5.43 Å². The predicted octanol–water partition coefficient (Wildman–Crippen LogP) is 3.60. The van der Waals surface area contributed by atoms with Gasteiger partial charge in [-0.1, -0.05) is 0 Å². The van der Waals surface area contributed by atoms with Crippen molar-refractivity contribution in [1.29, 1.82) is 0 Å². The van der Waals surface area contributed by atoms with Gasteiger partial charge in [0.05, 0.1) is 36.0 Å². The molecule has 2 amide bonds. The zero-order valence-electron chi connectivity index (χ0n) is 18.3. The number of nitrogens with one attached hydrogen (secondary N) is 1. The fourth-order valence-corrected chi connectivity index (χ4v) is 4.15. The van der Waals surface area contributed by atoms with Crippen molar-refractivity contribution >= 4 is 46.3 Å². The molecule has 0 aromatic heterocycles. The molecule has 2 aromatic rings. The lowest BCUT2D eigenvalue weighted by Crippen LogP contribution is -2.30. The molecular formula is C23H26IN3O5. The van der Waals surface area contributed by atoms with Gasteiger partial charge in [-0.05, 0) is 78.4 Å². The van der Waals surface area contributed by atoms with Crippen LogP contribution in [-0.2, 0) is 9.59 Å². The second-order valence-electron chi connectivity index (χ2n) is 7.03. The monoisotopic (exact) mass is 551 g/mol. The van der Waals surface area contributed by atoms with Crippen LogP contribution in [0.25, 0.3) is 0 Å². The first-order valence-electron chi connectivity index (χ1n) is 10.3. The van der Waals surface area contributed by atoms with Gasteiger partial charge >= 0.3 is 0 Å². The van der Waals surface area contributed by atoms with Crippen LogP contribution in [0.5, 0.6) is 17.2 Å². The standard InChI is InChI=1S/C23H26IN3O5/c1-4-31-20-11-15(10-19(24)22(20)32-5-2)13-25-26-23(29)16-12-21(28)27(14-16)17-6-8-18(30-3)9-7-17/h6-11,13,16H,4-5,12,14H2,1-3H3,(H,26,29)/b25-13+/t16-/m1/s1. The highest BCUT2D eigenvalue weighted by molar-refractivity contribution is 14.1. The maximum Gasteiger partial charge on any atom is 0.245 e. The molecule has 8 nitrogen and oxygen atoms in total. The van der Waals surface area contributed by atoms with Crippen molar-refractivity contribution in [2.45, 2.75) is 20.3 Å². The summed E-state index contributed by atoms with van der Waals surface area (Å²) in [6.45, 7) is 5.17. The van der Waals surface area contributed by atoms with Crippen LogP contribution in [0.3, 0.4) is 0 Å². The number of hydrogen-bond acceptors (Lipinski definition) is 6. The molecule has 1 saturated heterocycles. The molecule has 2 aromatic carbocycles. The van der Waals surface area contributed by atoms with Crippen LogP contribution in [0.4, 0.5) is 5.69 Å². The number of benzene rings is 2. The largest absolute Gasteiger partial charge is 0.497 e. The summed E-state index contributed by atoms with van der Waals surface area (Å²) in [7, 11) is 1.59. The topological polar surface area (TPSA) is 89.5 Å². The Morgan fingerprint density at radius 2 is 1.94 bits per heavy atom. The molecular weight excluding hydrogens is 525 g/mol. The van der Waals surface area contributed by atoms with E-state index in [2.05, 4.69) is 33.1 Å². The summed E-state index contributed by atoms with van der Waals surface area (Å²) in [5.41, 5.74) is 4.06. The van der Waals surface area contributed by atoms with Crippen LogP contribution in [0.2, 0.25) is 0 Å². The van der Waals surface area contributed by atoms with E-state index in [0.29, 0.717) is 37.0 Å². The van der Waals surface area contributed by atoms with E-state index in [1.54, 1.807) is 42.5 Å². The third-order valence-corrected chi connectivity index (χ3v) is 5.69. The van der Waals surface area contributed by atoms with E-state index in [1.165, 1.54) is 0 Å². The van der Waals surface area contributed by atoms with Gasteiger partial charge in [0.15, 0.2) is 11.5 Å². The number of amides is 2. The fourth-order valence-electron chi connectivity index (χ4n) is 3.37. The van der Waals surface area contributed by atoms with E-state index >= 15 is 0 Å². The Bertz CT molecular complexity index is 994. The van der Waals surface area contributed by atoms with Gasteiger partial charge in [0.2, 0.25) is 11.8 Å². The number of methoxy groups -OCH3 is 1. The minimum Gasteiger partial charge on any atom is -0.497 e. The average Bonchev–Trinajstić information content (AvgIpc) is 3.18. The van der Waals surface area contributed by atoms with Gasteiger partial charge in [-0.2, -0.15) is 5.10 Å². The summed E-state index contributed by atoms with van der Waals surface area (Å²) >= 11 is 2.18. The van der Waals surface area contributed by atoms with Crippen LogP contribution in [0, 0.1) is 9.49 Å². The maximum atomic E-state index is 12.6. The summed E-state index contributed by atoms with van der Waals surface area (Å²) in [6, 6.07) is 10.9. The smallest absolute Gasteiger partial charge is 0.245 e. The molecule has 3 rings (SSSR count). The minimum absolute atomic E-state index is 0.0956. The number of ether oxygens (including phenoxy) is 3. The maximum absolute atomic E-state index is 12.6. The van der Waals surface area contributed by atoms with Gasteiger partial charge in [-0.15, -0.1) is 0 Å². The zero-order chi connectivity index (χ0) is 23.1. The number of hydrazone groups is 1. The van der Waals surface area contributed by atoms with Crippen molar-refractivity contribution in [3.05, 3.63) is 45.5 Å². The quantitative estimate of drug-likeness (QED) is 0.293. The predicted molar refractivity (Wildman–Crippen MR) is 131 cm³/mol. The lowest BCUT2D eigenvalue weighted by molar-refractivity contribution is -0.126. The Labute approximate surface area is 201 Å². The first-order chi connectivity index (χ1) is 15.5.